The van der Waals surface area contributed by atoms with E-state index in [9.17, 15) is 4.79 Å². The van der Waals surface area contributed by atoms with Gasteiger partial charge in [0.15, 0.2) is 0 Å². The molecule has 122 valence electrons. The van der Waals surface area contributed by atoms with E-state index in [1.165, 1.54) is 11.3 Å². The zero-order valence-corrected chi connectivity index (χ0v) is 14.3. The van der Waals surface area contributed by atoms with Crippen LogP contribution in [0.2, 0.25) is 0 Å². The standard InChI is InChI=1S/C19H29NO2/c1-5-18(21)22-17-12-10-16(11-13-17)20-15-8-6-14(7-9-15)19(2,3)4/h6-9,16-17,20H,5,10-13H2,1-4H3. The first-order valence-electron chi connectivity index (χ1n) is 8.45. The van der Waals surface area contributed by atoms with E-state index in [1.54, 1.807) is 0 Å². The number of hydrogen-bond acceptors (Lipinski definition) is 3. The van der Waals surface area contributed by atoms with Gasteiger partial charge in [-0.15, -0.1) is 0 Å². The van der Waals surface area contributed by atoms with Gasteiger partial charge in [-0.3, -0.25) is 4.79 Å². The molecule has 0 bridgehead atoms. The summed E-state index contributed by atoms with van der Waals surface area (Å²) in [6.45, 7) is 8.54. The van der Waals surface area contributed by atoms with Crippen LogP contribution in [0.3, 0.4) is 0 Å². The van der Waals surface area contributed by atoms with Crippen molar-refractivity contribution in [2.75, 3.05) is 5.32 Å². The highest BCUT2D eigenvalue weighted by Crippen LogP contribution is 2.27. The van der Waals surface area contributed by atoms with Crippen molar-refractivity contribution in [2.24, 2.45) is 0 Å². The van der Waals surface area contributed by atoms with Crippen molar-refractivity contribution >= 4 is 11.7 Å². The summed E-state index contributed by atoms with van der Waals surface area (Å²) in [6, 6.07) is 9.23. The second-order valence-corrected chi connectivity index (χ2v) is 7.29. The van der Waals surface area contributed by atoms with E-state index in [-0.39, 0.29) is 17.5 Å². The smallest absolute Gasteiger partial charge is 0.305 e. The van der Waals surface area contributed by atoms with E-state index in [2.05, 4.69) is 50.4 Å². The molecule has 2 rings (SSSR count). The average molecular weight is 303 g/mol. The maximum absolute atomic E-state index is 11.3. The van der Waals surface area contributed by atoms with Gasteiger partial charge in [0, 0.05) is 18.2 Å². The van der Waals surface area contributed by atoms with Crippen LogP contribution in [0.25, 0.3) is 0 Å². The Hall–Kier alpha value is -1.51. The lowest BCUT2D eigenvalue weighted by Crippen LogP contribution is -2.31. The van der Waals surface area contributed by atoms with Gasteiger partial charge in [0.2, 0.25) is 0 Å². The van der Waals surface area contributed by atoms with Gasteiger partial charge in [0.05, 0.1) is 0 Å². The maximum Gasteiger partial charge on any atom is 0.305 e. The predicted molar refractivity (Wildman–Crippen MR) is 91.2 cm³/mol. The molecule has 1 aromatic rings. The predicted octanol–water partition coefficient (Wildman–Crippen LogP) is 4.66. The Morgan fingerprint density at radius 1 is 1.14 bits per heavy atom. The van der Waals surface area contributed by atoms with E-state index in [4.69, 9.17) is 4.74 Å². The van der Waals surface area contributed by atoms with E-state index in [1.807, 2.05) is 6.92 Å². The molecule has 1 fully saturated rings. The van der Waals surface area contributed by atoms with E-state index in [0.717, 1.165) is 25.7 Å². The molecule has 0 aliphatic heterocycles. The SMILES string of the molecule is CCC(=O)OC1CCC(Nc2ccc(C(C)(C)C)cc2)CC1. The lowest BCUT2D eigenvalue weighted by Gasteiger charge is -2.29. The Bertz CT molecular complexity index is 479. The Kier molecular flexibility index (Phi) is 5.49. The zero-order chi connectivity index (χ0) is 16.2. The van der Waals surface area contributed by atoms with Crippen molar-refractivity contribution in [3.8, 4) is 0 Å². The number of rotatable bonds is 4. The molecular weight excluding hydrogens is 274 g/mol. The molecule has 0 spiro atoms. The lowest BCUT2D eigenvalue weighted by molar-refractivity contribution is -0.150. The Morgan fingerprint density at radius 3 is 2.23 bits per heavy atom. The van der Waals surface area contributed by atoms with Gasteiger partial charge in [-0.25, -0.2) is 0 Å². The Labute approximate surface area is 134 Å². The normalized spacial score (nSPS) is 22.2. The fourth-order valence-electron chi connectivity index (χ4n) is 2.90. The maximum atomic E-state index is 11.3. The minimum Gasteiger partial charge on any atom is -0.462 e. The Morgan fingerprint density at radius 2 is 1.73 bits per heavy atom. The summed E-state index contributed by atoms with van der Waals surface area (Å²) in [6.07, 6.45) is 4.63. The minimum absolute atomic E-state index is 0.0748. The molecule has 3 nitrogen and oxygen atoms in total. The van der Waals surface area contributed by atoms with Gasteiger partial charge < -0.3 is 10.1 Å². The summed E-state index contributed by atoms with van der Waals surface area (Å²) in [7, 11) is 0. The quantitative estimate of drug-likeness (QED) is 0.822. The third-order valence-electron chi connectivity index (χ3n) is 4.38. The Balaban J connectivity index is 1.82. The fourth-order valence-corrected chi connectivity index (χ4v) is 2.90. The van der Waals surface area contributed by atoms with Crippen LogP contribution in [0, 0.1) is 0 Å². The molecule has 1 saturated carbocycles. The molecular formula is C19H29NO2. The molecule has 0 heterocycles. The van der Waals surface area contributed by atoms with Crippen molar-refractivity contribution in [1.29, 1.82) is 0 Å². The molecule has 22 heavy (non-hydrogen) atoms. The van der Waals surface area contributed by atoms with Crippen LogP contribution < -0.4 is 5.32 Å². The zero-order valence-electron chi connectivity index (χ0n) is 14.3. The number of nitrogens with one attached hydrogen (secondary N) is 1. The van der Waals surface area contributed by atoms with Gasteiger partial charge in [0.1, 0.15) is 6.10 Å². The van der Waals surface area contributed by atoms with Crippen LogP contribution in [0.4, 0.5) is 5.69 Å². The first kappa shape index (κ1) is 16.9. The number of benzene rings is 1. The van der Waals surface area contributed by atoms with E-state index < -0.39 is 0 Å². The van der Waals surface area contributed by atoms with Crippen LogP contribution in [0.15, 0.2) is 24.3 Å². The first-order chi connectivity index (χ1) is 10.4. The highest BCUT2D eigenvalue weighted by Gasteiger charge is 2.23. The van der Waals surface area contributed by atoms with Gasteiger partial charge >= 0.3 is 5.97 Å². The summed E-state index contributed by atoms with van der Waals surface area (Å²) in [5.41, 5.74) is 2.73. The topological polar surface area (TPSA) is 38.3 Å². The highest BCUT2D eigenvalue weighted by molar-refractivity contribution is 5.69. The van der Waals surface area contributed by atoms with E-state index in [0.29, 0.717) is 12.5 Å². The van der Waals surface area contributed by atoms with Crippen LogP contribution >= 0.6 is 0 Å². The number of anilines is 1. The third-order valence-corrected chi connectivity index (χ3v) is 4.38. The molecule has 0 atom stereocenters. The number of esters is 1. The number of ether oxygens (including phenoxy) is 1. The summed E-state index contributed by atoms with van der Waals surface area (Å²) in [4.78, 5) is 11.3. The third kappa shape index (κ3) is 4.75. The highest BCUT2D eigenvalue weighted by atomic mass is 16.5. The van der Waals surface area contributed by atoms with Gasteiger partial charge in [-0.2, -0.15) is 0 Å². The largest absolute Gasteiger partial charge is 0.462 e. The summed E-state index contributed by atoms with van der Waals surface area (Å²) >= 11 is 0. The molecule has 0 aromatic heterocycles. The van der Waals surface area contributed by atoms with Crippen LogP contribution in [0.1, 0.15) is 65.4 Å². The first-order valence-corrected chi connectivity index (χ1v) is 8.45. The van der Waals surface area contributed by atoms with Gasteiger partial charge in [-0.05, 0) is 48.8 Å². The van der Waals surface area contributed by atoms with Crippen LogP contribution in [0.5, 0.6) is 0 Å². The lowest BCUT2D eigenvalue weighted by atomic mass is 9.87. The van der Waals surface area contributed by atoms with Crippen molar-refractivity contribution < 1.29 is 9.53 Å². The fraction of sp³-hybridized carbons (Fsp3) is 0.632. The number of carbonyl (C=O) groups is 1. The molecule has 1 aromatic carbocycles. The van der Waals surface area contributed by atoms with Crippen LogP contribution in [-0.4, -0.2) is 18.1 Å². The molecule has 0 radical (unpaired) electrons. The van der Waals surface area contributed by atoms with Crippen molar-refractivity contribution in [3.05, 3.63) is 29.8 Å². The van der Waals surface area contributed by atoms with Crippen LogP contribution in [-0.2, 0) is 14.9 Å². The number of hydrogen-bond donors (Lipinski definition) is 1. The molecule has 1 N–H and O–H groups in total. The summed E-state index contributed by atoms with van der Waals surface area (Å²) in [5, 5.41) is 3.61. The molecule has 0 amide bonds. The molecule has 0 saturated heterocycles. The number of carbonyl (C=O) groups excluding carboxylic acids is 1. The summed E-state index contributed by atoms with van der Waals surface area (Å²) in [5.74, 6) is -0.0748. The monoisotopic (exact) mass is 303 g/mol. The van der Waals surface area contributed by atoms with Crippen molar-refractivity contribution in [3.63, 3.8) is 0 Å². The van der Waals surface area contributed by atoms with Gasteiger partial charge in [-0.1, -0.05) is 39.8 Å². The summed E-state index contributed by atoms with van der Waals surface area (Å²) < 4.78 is 5.43. The second-order valence-electron chi connectivity index (χ2n) is 7.29. The average Bonchev–Trinajstić information content (AvgIpc) is 2.49. The molecule has 1 aliphatic rings. The van der Waals surface area contributed by atoms with Gasteiger partial charge in [0.25, 0.3) is 0 Å². The van der Waals surface area contributed by atoms with Crippen molar-refractivity contribution in [2.45, 2.75) is 77.4 Å². The molecule has 0 unspecified atom stereocenters. The van der Waals surface area contributed by atoms with E-state index >= 15 is 0 Å². The van der Waals surface area contributed by atoms with Crippen molar-refractivity contribution in [1.82, 2.24) is 0 Å². The molecule has 1 aliphatic carbocycles. The minimum atomic E-state index is -0.0748. The molecule has 3 heteroatoms. The second kappa shape index (κ2) is 7.17.